The topological polar surface area (TPSA) is 26.3 Å². The lowest BCUT2D eigenvalue weighted by atomic mass is 10.0. The van der Waals surface area contributed by atoms with Crippen LogP contribution in [0.4, 0.5) is 0 Å². The fraction of sp³-hybridized carbons (Fsp3) is 0.462. The Bertz CT molecular complexity index is 438. The molecule has 1 saturated carbocycles. The molecule has 1 aromatic carbocycles. The summed E-state index contributed by atoms with van der Waals surface area (Å²) >= 11 is 3.40. The first-order valence-electron chi connectivity index (χ1n) is 5.33. The zero-order valence-electron chi connectivity index (χ0n) is 9.71. The molecule has 0 spiro atoms. The summed E-state index contributed by atoms with van der Waals surface area (Å²) in [7, 11) is 1.62. The van der Waals surface area contributed by atoms with Gasteiger partial charge in [-0.3, -0.25) is 4.79 Å². The van der Waals surface area contributed by atoms with Crippen LogP contribution in [0, 0.1) is 11.3 Å². The molecule has 0 saturated heterocycles. The first kappa shape index (κ1) is 11.6. The van der Waals surface area contributed by atoms with Gasteiger partial charge in [0.25, 0.3) is 0 Å². The van der Waals surface area contributed by atoms with E-state index in [1.807, 2.05) is 18.2 Å². The molecule has 0 bridgehead atoms. The average molecular weight is 283 g/mol. The lowest BCUT2D eigenvalue weighted by Gasteiger charge is -2.06. The standard InChI is InChI=1S/C13H15BrO2/c1-13(2)7-9(13)12(15)8-4-5-11(16-3)10(14)6-8/h4-6,9H,7H2,1-3H3. The van der Waals surface area contributed by atoms with Gasteiger partial charge in [-0.25, -0.2) is 0 Å². The monoisotopic (exact) mass is 282 g/mol. The molecule has 1 aliphatic carbocycles. The van der Waals surface area contributed by atoms with Crippen LogP contribution >= 0.6 is 15.9 Å². The molecule has 1 fully saturated rings. The molecule has 2 nitrogen and oxygen atoms in total. The molecule has 1 atom stereocenters. The largest absolute Gasteiger partial charge is 0.496 e. The Balaban J connectivity index is 2.22. The Morgan fingerprint density at radius 1 is 1.50 bits per heavy atom. The van der Waals surface area contributed by atoms with Crippen molar-refractivity contribution in [3.8, 4) is 5.75 Å². The number of benzene rings is 1. The second-order valence-electron chi connectivity index (χ2n) is 4.96. The van der Waals surface area contributed by atoms with Gasteiger partial charge in [-0.15, -0.1) is 0 Å². The van der Waals surface area contributed by atoms with Crippen molar-refractivity contribution in [3.63, 3.8) is 0 Å². The number of halogens is 1. The SMILES string of the molecule is COc1ccc(C(=O)C2CC2(C)C)cc1Br. The van der Waals surface area contributed by atoms with Crippen molar-refractivity contribution in [2.75, 3.05) is 7.11 Å². The van der Waals surface area contributed by atoms with Crippen molar-refractivity contribution < 1.29 is 9.53 Å². The van der Waals surface area contributed by atoms with Gasteiger partial charge >= 0.3 is 0 Å². The van der Waals surface area contributed by atoms with E-state index in [4.69, 9.17) is 4.74 Å². The molecule has 1 aromatic rings. The molecule has 0 radical (unpaired) electrons. The van der Waals surface area contributed by atoms with Crippen molar-refractivity contribution in [1.29, 1.82) is 0 Å². The van der Waals surface area contributed by atoms with Gasteiger partial charge in [0.15, 0.2) is 5.78 Å². The van der Waals surface area contributed by atoms with Crippen LogP contribution in [0.2, 0.25) is 0 Å². The lowest BCUT2D eigenvalue weighted by Crippen LogP contribution is -2.06. The normalized spacial score (nSPS) is 21.6. The number of rotatable bonds is 3. The minimum atomic E-state index is 0.184. The molecule has 0 aliphatic heterocycles. The number of methoxy groups -OCH3 is 1. The third-order valence-corrected chi connectivity index (χ3v) is 3.89. The summed E-state index contributed by atoms with van der Waals surface area (Å²) in [6.45, 7) is 4.27. The van der Waals surface area contributed by atoms with E-state index in [-0.39, 0.29) is 17.1 Å². The van der Waals surface area contributed by atoms with Crippen LogP contribution in [-0.2, 0) is 0 Å². The zero-order valence-corrected chi connectivity index (χ0v) is 11.3. The first-order valence-corrected chi connectivity index (χ1v) is 6.13. The molecule has 86 valence electrons. The smallest absolute Gasteiger partial charge is 0.166 e. The summed E-state index contributed by atoms with van der Waals surface area (Å²) in [4.78, 5) is 12.1. The van der Waals surface area contributed by atoms with Gasteiger partial charge < -0.3 is 4.74 Å². The summed E-state index contributed by atoms with van der Waals surface area (Å²) in [6, 6.07) is 5.50. The van der Waals surface area contributed by atoms with Crippen LogP contribution in [0.5, 0.6) is 5.75 Å². The molecule has 2 rings (SSSR count). The fourth-order valence-electron chi connectivity index (χ4n) is 1.94. The zero-order chi connectivity index (χ0) is 11.9. The maximum atomic E-state index is 12.1. The fourth-order valence-corrected chi connectivity index (χ4v) is 2.48. The summed E-state index contributed by atoms with van der Waals surface area (Å²) in [6.07, 6.45) is 0.996. The van der Waals surface area contributed by atoms with Crippen molar-refractivity contribution in [2.45, 2.75) is 20.3 Å². The van der Waals surface area contributed by atoms with E-state index in [2.05, 4.69) is 29.8 Å². The van der Waals surface area contributed by atoms with Crippen LogP contribution < -0.4 is 4.74 Å². The van der Waals surface area contributed by atoms with E-state index in [9.17, 15) is 4.79 Å². The molecule has 3 heteroatoms. The Kier molecular flexibility index (Phi) is 2.82. The predicted octanol–water partition coefficient (Wildman–Crippen LogP) is 3.69. The number of carbonyl (C=O) groups excluding carboxylic acids is 1. The second-order valence-corrected chi connectivity index (χ2v) is 5.81. The molecular weight excluding hydrogens is 268 g/mol. The van der Waals surface area contributed by atoms with E-state index in [1.165, 1.54) is 0 Å². The third-order valence-electron chi connectivity index (χ3n) is 3.27. The Labute approximate surface area is 104 Å². The van der Waals surface area contributed by atoms with Gasteiger partial charge in [0.1, 0.15) is 5.75 Å². The number of ketones is 1. The highest BCUT2D eigenvalue weighted by atomic mass is 79.9. The van der Waals surface area contributed by atoms with Crippen LogP contribution in [-0.4, -0.2) is 12.9 Å². The third kappa shape index (κ3) is 2.01. The molecular formula is C13H15BrO2. The highest BCUT2D eigenvalue weighted by Gasteiger charge is 2.50. The predicted molar refractivity (Wildman–Crippen MR) is 66.9 cm³/mol. The maximum absolute atomic E-state index is 12.1. The molecule has 0 heterocycles. The molecule has 16 heavy (non-hydrogen) atoms. The lowest BCUT2D eigenvalue weighted by molar-refractivity contribution is 0.0953. The molecule has 1 unspecified atom stereocenters. The maximum Gasteiger partial charge on any atom is 0.166 e. The van der Waals surface area contributed by atoms with E-state index in [0.717, 1.165) is 22.2 Å². The minimum absolute atomic E-state index is 0.184. The quantitative estimate of drug-likeness (QED) is 0.791. The number of Topliss-reactive ketones (excluding diaryl/α,β-unsaturated/α-hetero) is 1. The number of hydrogen-bond donors (Lipinski definition) is 0. The Morgan fingerprint density at radius 2 is 2.12 bits per heavy atom. The molecule has 0 N–H and O–H groups in total. The van der Waals surface area contributed by atoms with Crippen LogP contribution in [0.15, 0.2) is 22.7 Å². The van der Waals surface area contributed by atoms with E-state index in [0.29, 0.717) is 0 Å². The van der Waals surface area contributed by atoms with Crippen LogP contribution in [0.3, 0.4) is 0 Å². The molecule has 0 amide bonds. The van der Waals surface area contributed by atoms with Gasteiger partial charge in [-0.05, 0) is 46.0 Å². The number of hydrogen-bond acceptors (Lipinski definition) is 2. The van der Waals surface area contributed by atoms with E-state index < -0.39 is 0 Å². The van der Waals surface area contributed by atoms with Crippen molar-refractivity contribution >= 4 is 21.7 Å². The summed E-state index contributed by atoms with van der Waals surface area (Å²) in [5.74, 6) is 1.19. The van der Waals surface area contributed by atoms with Gasteiger partial charge in [-0.2, -0.15) is 0 Å². The summed E-state index contributed by atoms with van der Waals surface area (Å²) in [5, 5.41) is 0. The van der Waals surface area contributed by atoms with Gasteiger partial charge in [0.2, 0.25) is 0 Å². The van der Waals surface area contributed by atoms with E-state index >= 15 is 0 Å². The average Bonchev–Trinajstić information content (AvgIpc) is 2.86. The summed E-state index contributed by atoms with van der Waals surface area (Å²) < 4.78 is 5.97. The number of ether oxygens (including phenoxy) is 1. The van der Waals surface area contributed by atoms with Gasteiger partial charge in [0, 0.05) is 11.5 Å². The van der Waals surface area contributed by atoms with Gasteiger partial charge in [-0.1, -0.05) is 13.8 Å². The minimum Gasteiger partial charge on any atom is -0.496 e. The molecule has 1 aliphatic rings. The second kappa shape index (κ2) is 3.88. The van der Waals surface area contributed by atoms with Gasteiger partial charge in [0.05, 0.1) is 11.6 Å². The Hall–Kier alpha value is -0.830. The highest BCUT2D eigenvalue weighted by molar-refractivity contribution is 9.10. The van der Waals surface area contributed by atoms with E-state index in [1.54, 1.807) is 7.11 Å². The highest BCUT2D eigenvalue weighted by Crippen LogP contribution is 2.53. The van der Waals surface area contributed by atoms with Crippen molar-refractivity contribution in [2.24, 2.45) is 11.3 Å². The van der Waals surface area contributed by atoms with Crippen LogP contribution in [0.25, 0.3) is 0 Å². The van der Waals surface area contributed by atoms with Crippen molar-refractivity contribution in [1.82, 2.24) is 0 Å². The summed E-state index contributed by atoms with van der Waals surface area (Å²) in [5.41, 5.74) is 0.951. The van der Waals surface area contributed by atoms with Crippen molar-refractivity contribution in [3.05, 3.63) is 28.2 Å². The Morgan fingerprint density at radius 3 is 2.56 bits per heavy atom. The first-order chi connectivity index (χ1) is 7.45. The number of carbonyl (C=O) groups is 1. The molecule has 0 aromatic heterocycles. The van der Waals surface area contributed by atoms with Crippen LogP contribution in [0.1, 0.15) is 30.6 Å².